The summed E-state index contributed by atoms with van der Waals surface area (Å²) in [5, 5.41) is 14.8. The first-order valence-electron chi connectivity index (χ1n) is 7.96. The number of carbonyl (C=O) groups is 2. The number of hydrogen-bond donors (Lipinski definition) is 3. The predicted molar refractivity (Wildman–Crippen MR) is 104 cm³/mol. The lowest BCUT2D eigenvalue weighted by Gasteiger charge is -2.04. The molecule has 4 rings (SSSR count). The van der Waals surface area contributed by atoms with E-state index in [1.165, 1.54) is 28.7 Å². The van der Waals surface area contributed by atoms with Crippen molar-refractivity contribution < 1.29 is 14.0 Å². The van der Waals surface area contributed by atoms with Gasteiger partial charge in [-0.15, -0.1) is 22.7 Å². The van der Waals surface area contributed by atoms with E-state index in [0.717, 1.165) is 0 Å². The van der Waals surface area contributed by atoms with E-state index in [1.807, 2.05) is 5.38 Å². The maximum absolute atomic E-state index is 13.6. The molecule has 3 aromatic heterocycles. The summed E-state index contributed by atoms with van der Waals surface area (Å²) in [6, 6.07) is 11.5. The third-order valence-corrected chi connectivity index (χ3v) is 5.75. The third-order valence-electron chi connectivity index (χ3n) is 3.86. The van der Waals surface area contributed by atoms with Gasteiger partial charge in [-0.25, -0.2) is 4.39 Å². The zero-order valence-corrected chi connectivity index (χ0v) is 15.4. The zero-order valence-electron chi connectivity index (χ0n) is 13.8. The van der Waals surface area contributed by atoms with Crippen LogP contribution in [0.3, 0.4) is 0 Å². The second kappa shape index (κ2) is 7.29. The molecule has 0 saturated heterocycles. The molecular formula is C18H13FN4O2S2. The van der Waals surface area contributed by atoms with E-state index in [2.05, 4.69) is 20.8 Å². The average molecular weight is 400 g/mol. The number of H-pyrrole nitrogens is 1. The molecule has 0 aliphatic carbocycles. The topological polar surface area (TPSA) is 86.9 Å². The molecule has 0 bridgehead atoms. The van der Waals surface area contributed by atoms with Gasteiger partial charge in [-0.05, 0) is 23.6 Å². The predicted octanol–water partition coefficient (Wildman–Crippen LogP) is 4.01. The average Bonchev–Trinajstić information content (AvgIpc) is 3.39. The molecule has 0 saturated carbocycles. The van der Waals surface area contributed by atoms with Gasteiger partial charge in [-0.2, -0.15) is 5.10 Å². The van der Waals surface area contributed by atoms with Gasteiger partial charge in [0.15, 0.2) is 0 Å². The van der Waals surface area contributed by atoms with Crippen LogP contribution in [0, 0.1) is 5.82 Å². The number of thiophene rings is 2. The van der Waals surface area contributed by atoms with Gasteiger partial charge in [-0.3, -0.25) is 14.7 Å². The lowest BCUT2D eigenvalue weighted by molar-refractivity contribution is 0.0954. The number of aromatic nitrogens is 2. The Labute approximate surface area is 161 Å². The van der Waals surface area contributed by atoms with E-state index < -0.39 is 0 Å². The van der Waals surface area contributed by atoms with Crippen molar-refractivity contribution >= 4 is 50.5 Å². The number of amides is 2. The van der Waals surface area contributed by atoms with Crippen molar-refractivity contribution in [2.75, 3.05) is 5.32 Å². The lowest BCUT2D eigenvalue weighted by atomic mass is 10.2. The van der Waals surface area contributed by atoms with Gasteiger partial charge in [0.1, 0.15) is 16.5 Å². The number of benzene rings is 1. The first-order chi connectivity index (χ1) is 13.1. The largest absolute Gasteiger partial charge is 0.347 e. The molecule has 0 atom stereocenters. The molecule has 0 aliphatic heterocycles. The second-order valence-electron chi connectivity index (χ2n) is 5.63. The van der Waals surface area contributed by atoms with Crippen LogP contribution in [0.25, 0.3) is 10.2 Å². The molecule has 3 heterocycles. The molecule has 0 fully saturated rings. The number of rotatable bonds is 5. The van der Waals surface area contributed by atoms with Gasteiger partial charge in [0, 0.05) is 12.1 Å². The number of aromatic amines is 1. The maximum Gasteiger partial charge on any atom is 0.266 e. The maximum atomic E-state index is 13.6. The Kier molecular flexibility index (Phi) is 4.69. The Morgan fingerprint density at radius 3 is 2.74 bits per heavy atom. The van der Waals surface area contributed by atoms with Crippen molar-refractivity contribution in [3.8, 4) is 0 Å². The number of fused-ring (bicyclic) bond motifs is 1. The Morgan fingerprint density at radius 2 is 1.96 bits per heavy atom. The minimum Gasteiger partial charge on any atom is -0.347 e. The highest BCUT2D eigenvalue weighted by molar-refractivity contribution is 7.20. The van der Waals surface area contributed by atoms with Crippen molar-refractivity contribution in [1.29, 1.82) is 0 Å². The molecule has 2 amide bonds. The Morgan fingerprint density at radius 1 is 1.11 bits per heavy atom. The van der Waals surface area contributed by atoms with Crippen LogP contribution >= 0.6 is 22.7 Å². The van der Waals surface area contributed by atoms with Crippen LogP contribution in [-0.2, 0) is 6.54 Å². The third kappa shape index (κ3) is 3.60. The van der Waals surface area contributed by atoms with Crippen LogP contribution in [0.2, 0.25) is 0 Å². The van der Waals surface area contributed by atoms with Gasteiger partial charge in [0.05, 0.1) is 15.1 Å². The van der Waals surface area contributed by atoms with Gasteiger partial charge in [0.2, 0.25) is 0 Å². The molecule has 0 radical (unpaired) electrons. The minimum absolute atomic E-state index is 0.0924. The summed E-state index contributed by atoms with van der Waals surface area (Å²) < 4.78 is 13.6. The number of anilines is 1. The molecule has 0 aliphatic rings. The van der Waals surface area contributed by atoms with Gasteiger partial charge < -0.3 is 10.6 Å². The van der Waals surface area contributed by atoms with Crippen LogP contribution in [-0.4, -0.2) is 22.0 Å². The number of hydrogen-bond acceptors (Lipinski definition) is 5. The molecule has 136 valence electrons. The summed E-state index contributed by atoms with van der Waals surface area (Å²) in [4.78, 5) is 26.2. The Bertz CT molecular complexity index is 1120. The molecule has 27 heavy (non-hydrogen) atoms. The van der Waals surface area contributed by atoms with Crippen molar-refractivity contribution in [1.82, 2.24) is 15.5 Å². The normalized spacial score (nSPS) is 10.9. The van der Waals surface area contributed by atoms with E-state index in [-0.39, 0.29) is 24.2 Å². The van der Waals surface area contributed by atoms with E-state index in [1.54, 1.807) is 36.4 Å². The molecule has 9 heteroatoms. The fourth-order valence-electron chi connectivity index (χ4n) is 2.50. The van der Waals surface area contributed by atoms with E-state index in [4.69, 9.17) is 0 Å². The van der Waals surface area contributed by atoms with E-state index in [0.29, 0.717) is 31.4 Å². The first kappa shape index (κ1) is 17.4. The first-order valence-corrected chi connectivity index (χ1v) is 9.66. The van der Waals surface area contributed by atoms with E-state index in [9.17, 15) is 14.0 Å². The van der Waals surface area contributed by atoms with Crippen LogP contribution in [0.4, 0.5) is 10.2 Å². The summed E-state index contributed by atoms with van der Waals surface area (Å²) in [7, 11) is 0. The minimum atomic E-state index is -0.363. The number of nitrogens with zero attached hydrogens (tertiary/aromatic N) is 1. The van der Waals surface area contributed by atoms with Gasteiger partial charge in [-0.1, -0.05) is 24.3 Å². The van der Waals surface area contributed by atoms with Crippen LogP contribution < -0.4 is 10.6 Å². The van der Waals surface area contributed by atoms with Crippen LogP contribution in [0.15, 0.2) is 47.8 Å². The van der Waals surface area contributed by atoms with Crippen molar-refractivity contribution in [2.45, 2.75) is 6.54 Å². The molecule has 0 spiro atoms. The smallest absolute Gasteiger partial charge is 0.266 e. The zero-order chi connectivity index (χ0) is 18.8. The van der Waals surface area contributed by atoms with E-state index >= 15 is 0 Å². The molecule has 0 unspecified atom stereocenters. The van der Waals surface area contributed by atoms with Crippen LogP contribution in [0.1, 0.15) is 24.9 Å². The van der Waals surface area contributed by atoms with Gasteiger partial charge in [0.25, 0.3) is 11.8 Å². The standard InChI is InChI=1S/C18H13FN4O2S2/c19-12-5-2-1-4-10(12)9-20-16(24)14-8-11-15(22-23-18(11)27-14)21-17(25)13-6-3-7-26-13/h1-8H,9H2,(H,20,24)(H2,21,22,23,25). The quantitative estimate of drug-likeness (QED) is 0.473. The van der Waals surface area contributed by atoms with Crippen LogP contribution in [0.5, 0.6) is 0 Å². The Hall–Kier alpha value is -3.04. The highest BCUT2D eigenvalue weighted by Gasteiger charge is 2.17. The summed E-state index contributed by atoms with van der Waals surface area (Å²) in [5.74, 6) is -0.491. The summed E-state index contributed by atoms with van der Waals surface area (Å²) in [6.45, 7) is 0.0924. The molecular weight excluding hydrogens is 387 g/mol. The fourth-order valence-corrected chi connectivity index (χ4v) is 4.04. The highest BCUT2D eigenvalue weighted by atomic mass is 32.1. The number of halogens is 1. The van der Waals surface area contributed by atoms with Crippen molar-refractivity contribution in [3.05, 3.63) is 69.0 Å². The van der Waals surface area contributed by atoms with Gasteiger partial charge >= 0.3 is 0 Å². The summed E-state index contributed by atoms with van der Waals surface area (Å²) >= 11 is 2.53. The Balaban J connectivity index is 1.48. The molecule has 4 aromatic rings. The monoisotopic (exact) mass is 400 g/mol. The van der Waals surface area contributed by atoms with Crippen molar-refractivity contribution in [3.63, 3.8) is 0 Å². The van der Waals surface area contributed by atoms with Crippen molar-refractivity contribution in [2.24, 2.45) is 0 Å². The second-order valence-corrected chi connectivity index (χ2v) is 7.61. The summed E-state index contributed by atoms with van der Waals surface area (Å²) in [6.07, 6.45) is 0. The summed E-state index contributed by atoms with van der Waals surface area (Å²) in [5.41, 5.74) is 0.414. The molecule has 1 aromatic carbocycles. The molecule has 6 nitrogen and oxygen atoms in total. The number of nitrogens with one attached hydrogen (secondary N) is 3. The lowest BCUT2D eigenvalue weighted by Crippen LogP contribution is -2.22. The molecule has 3 N–H and O–H groups in total. The fraction of sp³-hybridized carbons (Fsp3) is 0.0556. The number of carbonyl (C=O) groups excluding carboxylic acids is 2. The SMILES string of the molecule is O=C(Nc1[nH]nc2sc(C(=O)NCc3ccccc3F)cc12)c1cccs1. The highest BCUT2D eigenvalue weighted by Crippen LogP contribution is 2.29.